The van der Waals surface area contributed by atoms with Gasteiger partial charge < -0.3 is 14.8 Å². The number of aromatic nitrogens is 3. The quantitative estimate of drug-likeness (QED) is 0.181. The first-order valence-electron chi connectivity index (χ1n) is 12.0. The van der Waals surface area contributed by atoms with Crippen molar-refractivity contribution in [3.63, 3.8) is 0 Å². The van der Waals surface area contributed by atoms with Crippen LogP contribution in [0, 0.1) is 13.8 Å². The normalized spacial score (nSPS) is 12.3. The van der Waals surface area contributed by atoms with Crippen molar-refractivity contribution in [3.8, 4) is 5.75 Å². The van der Waals surface area contributed by atoms with Crippen LogP contribution in [0.25, 0.3) is 0 Å². The Labute approximate surface area is 229 Å². The van der Waals surface area contributed by atoms with Gasteiger partial charge in [0.2, 0.25) is 5.91 Å². The van der Waals surface area contributed by atoms with Crippen LogP contribution in [0.2, 0.25) is 5.02 Å². The lowest BCUT2D eigenvalue weighted by atomic mass is 10.1. The maximum atomic E-state index is 12.8. The lowest BCUT2D eigenvalue weighted by Gasteiger charge is -2.11. The third kappa shape index (κ3) is 6.19. The van der Waals surface area contributed by atoms with E-state index in [1.165, 1.54) is 23.1 Å². The van der Waals surface area contributed by atoms with E-state index in [0.717, 1.165) is 45.9 Å². The van der Waals surface area contributed by atoms with Gasteiger partial charge in [-0.05, 0) is 68.9 Å². The molecule has 1 N–H and O–H groups in total. The second-order valence-corrected chi connectivity index (χ2v) is 11.0. The lowest BCUT2D eigenvalue weighted by Crippen LogP contribution is -2.17. The highest BCUT2D eigenvalue weighted by Crippen LogP contribution is 2.39. The monoisotopic (exact) mass is 560 g/mol. The summed E-state index contributed by atoms with van der Waals surface area (Å²) in [7, 11) is 0. The van der Waals surface area contributed by atoms with Crippen LogP contribution in [0.4, 0.5) is 5.00 Å². The standard InChI is InChI=1S/C26H29ClN4O4S2/c1-5-10-31-20(13-35-17-11-15(3)23(27)16(4)12-17)29-30-26(31)36-14-21(32)28-24-22(25(33)34-6-2)18-8-7-9-19(18)37-24/h5,11-12H,1,6-10,13-14H2,2-4H3,(H,28,32). The number of carbonyl (C=O) groups is 2. The minimum absolute atomic E-state index is 0.108. The van der Waals surface area contributed by atoms with E-state index in [1.54, 1.807) is 13.0 Å². The molecule has 11 heteroatoms. The van der Waals surface area contributed by atoms with Gasteiger partial charge in [0.25, 0.3) is 0 Å². The number of thiophene rings is 1. The van der Waals surface area contributed by atoms with Gasteiger partial charge in [0.05, 0.1) is 17.9 Å². The first kappa shape index (κ1) is 27.2. The summed E-state index contributed by atoms with van der Waals surface area (Å²) in [5, 5.41) is 13.3. The number of rotatable bonds is 11. The number of fused-ring (bicyclic) bond motifs is 1. The molecule has 0 fully saturated rings. The number of halogens is 1. The van der Waals surface area contributed by atoms with E-state index in [1.807, 2.05) is 30.5 Å². The maximum Gasteiger partial charge on any atom is 0.341 e. The zero-order chi connectivity index (χ0) is 26.5. The number of nitrogens with one attached hydrogen (secondary N) is 1. The van der Waals surface area contributed by atoms with Gasteiger partial charge >= 0.3 is 5.97 Å². The van der Waals surface area contributed by atoms with Crippen molar-refractivity contribution >= 4 is 51.6 Å². The van der Waals surface area contributed by atoms with Gasteiger partial charge in [0.15, 0.2) is 11.0 Å². The zero-order valence-electron chi connectivity index (χ0n) is 21.1. The fourth-order valence-corrected chi connectivity index (χ4v) is 6.36. The number of hydrogen-bond donors (Lipinski definition) is 1. The summed E-state index contributed by atoms with van der Waals surface area (Å²) in [4.78, 5) is 26.5. The van der Waals surface area contributed by atoms with Gasteiger partial charge in [0.1, 0.15) is 17.4 Å². The highest BCUT2D eigenvalue weighted by molar-refractivity contribution is 7.99. The Bertz CT molecular complexity index is 1310. The second-order valence-electron chi connectivity index (χ2n) is 8.58. The fraction of sp³-hybridized carbons (Fsp3) is 0.385. The Hall–Kier alpha value is -2.82. The van der Waals surface area contributed by atoms with Crippen molar-refractivity contribution in [2.75, 3.05) is 17.7 Å². The average molecular weight is 561 g/mol. The van der Waals surface area contributed by atoms with Gasteiger partial charge in [-0.1, -0.05) is 29.4 Å². The van der Waals surface area contributed by atoms with Crippen LogP contribution < -0.4 is 10.1 Å². The molecule has 1 aliphatic carbocycles. The molecule has 0 unspecified atom stereocenters. The van der Waals surface area contributed by atoms with Crippen molar-refractivity contribution in [2.45, 2.75) is 58.3 Å². The fourth-order valence-electron chi connectivity index (χ4n) is 4.19. The van der Waals surface area contributed by atoms with E-state index < -0.39 is 0 Å². The number of aryl methyl sites for hydroxylation is 3. The number of allylic oxidation sites excluding steroid dienone is 1. The molecule has 4 rings (SSSR count). The molecule has 0 radical (unpaired) electrons. The molecular weight excluding hydrogens is 532 g/mol. The van der Waals surface area contributed by atoms with Crippen molar-refractivity contribution in [2.24, 2.45) is 0 Å². The van der Waals surface area contributed by atoms with Crippen LogP contribution in [0.3, 0.4) is 0 Å². The summed E-state index contributed by atoms with van der Waals surface area (Å²) in [5.41, 5.74) is 3.38. The average Bonchev–Trinajstić information content (AvgIpc) is 3.55. The van der Waals surface area contributed by atoms with E-state index in [0.29, 0.717) is 33.8 Å². The van der Waals surface area contributed by atoms with E-state index in [4.69, 9.17) is 21.1 Å². The predicted molar refractivity (Wildman–Crippen MR) is 147 cm³/mol. The van der Waals surface area contributed by atoms with Crippen molar-refractivity contribution in [3.05, 3.63) is 62.8 Å². The molecule has 2 aromatic heterocycles. The minimum atomic E-state index is -0.383. The summed E-state index contributed by atoms with van der Waals surface area (Å²) >= 11 is 8.98. The zero-order valence-corrected chi connectivity index (χ0v) is 23.4. The third-order valence-corrected chi connectivity index (χ3v) is 8.64. The Kier molecular flexibility index (Phi) is 8.94. The number of esters is 1. The Morgan fingerprint density at radius 2 is 2.03 bits per heavy atom. The number of nitrogens with zero attached hydrogens (tertiary/aromatic N) is 3. The van der Waals surface area contributed by atoms with Gasteiger partial charge in [-0.15, -0.1) is 28.1 Å². The third-order valence-electron chi connectivity index (χ3n) is 5.87. The Morgan fingerprint density at radius 1 is 1.27 bits per heavy atom. The molecular formula is C26H29ClN4O4S2. The molecule has 1 aromatic carbocycles. The van der Waals surface area contributed by atoms with Crippen LogP contribution in [-0.2, 0) is 35.5 Å². The molecule has 1 amide bonds. The molecule has 196 valence electrons. The molecule has 0 saturated heterocycles. The van der Waals surface area contributed by atoms with Crippen molar-refractivity contribution in [1.82, 2.24) is 14.8 Å². The first-order chi connectivity index (χ1) is 17.8. The molecule has 0 spiro atoms. The van der Waals surface area contributed by atoms with Crippen molar-refractivity contribution in [1.29, 1.82) is 0 Å². The van der Waals surface area contributed by atoms with Gasteiger partial charge in [-0.3, -0.25) is 9.36 Å². The molecule has 0 bridgehead atoms. The predicted octanol–water partition coefficient (Wildman–Crippen LogP) is 5.77. The minimum Gasteiger partial charge on any atom is -0.486 e. The maximum absolute atomic E-state index is 12.8. The van der Waals surface area contributed by atoms with Crippen LogP contribution in [-0.4, -0.2) is 39.0 Å². The number of thioether (sulfide) groups is 1. The van der Waals surface area contributed by atoms with Crippen LogP contribution in [0.1, 0.15) is 51.1 Å². The number of anilines is 1. The van der Waals surface area contributed by atoms with Gasteiger partial charge in [0, 0.05) is 16.4 Å². The van der Waals surface area contributed by atoms with Gasteiger partial charge in [-0.2, -0.15) is 0 Å². The highest BCUT2D eigenvalue weighted by atomic mass is 35.5. The van der Waals surface area contributed by atoms with E-state index in [9.17, 15) is 9.59 Å². The summed E-state index contributed by atoms with van der Waals surface area (Å²) in [6, 6.07) is 3.77. The van der Waals surface area contributed by atoms with Crippen LogP contribution >= 0.6 is 34.7 Å². The van der Waals surface area contributed by atoms with Crippen LogP contribution in [0.5, 0.6) is 5.75 Å². The SMILES string of the molecule is C=CCn1c(COc2cc(C)c(Cl)c(C)c2)nnc1SCC(=O)Nc1sc2c(c1C(=O)OCC)CCC2. The largest absolute Gasteiger partial charge is 0.486 e. The summed E-state index contributed by atoms with van der Waals surface area (Å²) < 4.78 is 13.1. The topological polar surface area (TPSA) is 95.3 Å². The first-order valence-corrected chi connectivity index (χ1v) is 14.2. The second kappa shape index (κ2) is 12.1. The molecule has 0 saturated carbocycles. The molecule has 37 heavy (non-hydrogen) atoms. The smallest absolute Gasteiger partial charge is 0.341 e. The Balaban J connectivity index is 1.42. The number of carbonyl (C=O) groups excluding carboxylic acids is 2. The van der Waals surface area contributed by atoms with E-state index in [-0.39, 0.29) is 30.8 Å². The molecule has 8 nitrogen and oxygen atoms in total. The highest BCUT2D eigenvalue weighted by Gasteiger charge is 2.28. The summed E-state index contributed by atoms with van der Waals surface area (Å²) in [6.07, 6.45) is 4.50. The lowest BCUT2D eigenvalue weighted by molar-refractivity contribution is -0.113. The van der Waals surface area contributed by atoms with Crippen LogP contribution in [0.15, 0.2) is 29.9 Å². The van der Waals surface area contributed by atoms with E-state index >= 15 is 0 Å². The molecule has 0 aliphatic heterocycles. The summed E-state index contributed by atoms with van der Waals surface area (Å²) in [6.45, 7) is 10.4. The summed E-state index contributed by atoms with van der Waals surface area (Å²) in [5.74, 6) is 0.810. The molecule has 1 aliphatic rings. The van der Waals surface area contributed by atoms with E-state index in [2.05, 4.69) is 22.1 Å². The number of hydrogen-bond acceptors (Lipinski definition) is 8. The molecule has 2 heterocycles. The molecule has 3 aromatic rings. The van der Waals surface area contributed by atoms with Crippen molar-refractivity contribution < 1.29 is 19.1 Å². The number of benzene rings is 1. The number of ether oxygens (including phenoxy) is 2. The Morgan fingerprint density at radius 3 is 2.73 bits per heavy atom. The van der Waals surface area contributed by atoms with Gasteiger partial charge in [-0.25, -0.2) is 4.79 Å². The number of amides is 1. The molecule has 0 atom stereocenters.